The predicted molar refractivity (Wildman–Crippen MR) is 44.0 cm³/mol. The zero-order valence-corrected chi connectivity index (χ0v) is 6.22. The van der Waals surface area contributed by atoms with E-state index in [1.807, 2.05) is 0 Å². The molecular weight excluding hydrogens is 162 g/mol. The lowest BCUT2D eigenvalue weighted by molar-refractivity contribution is 0.591. The standard InChI is InChI=1S/C8H8F2N2/c9-6-3-5(1-2-11)4-7(10)8(6)12/h1-4H,11-12H2/b2-1+. The zero-order valence-electron chi connectivity index (χ0n) is 6.22. The van der Waals surface area contributed by atoms with Crippen LogP contribution in [-0.4, -0.2) is 0 Å². The lowest BCUT2D eigenvalue weighted by atomic mass is 10.2. The van der Waals surface area contributed by atoms with Crippen LogP contribution in [0.3, 0.4) is 0 Å². The van der Waals surface area contributed by atoms with Crippen LogP contribution in [0.5, 0.6) is 0 Å². The molecule has 1 aromatic rings. The molecule has 1 rings (SSSR count). The smallest absolute Gasteiger partial charge is 0.149 e. The molecule has 0 aliphatic rings. The van der Waals surface area contributed by atoms with Crippen molar-refractivity contribution in [3.63, 3.8) is 0 Å². The minimum Gasteiger partial charge on any atom is -0.405 e. The van der Waals surface area contributed by atoms with Crippen LogP contribution in [-0.2, 0) is 0 Å². The molecule has 4 N–H and O–H groups in total. The number of halogens is 2. The van der Waals surface area contributed by atoms with Crippen LogP contribution < -0.4 is 11.5 Å². The third kappa shape index (κ3) is 1.53. The average molecular weight is 170 g/mol. The maximum Gasteiger partial charge on any atom is 0.149 e. The largest absolute Gasteiger partial charge is 0.405 e. The molecule has 12 heavy (non-hydrogen) atoms. The molecule has 4 heteroatoms. The quantitative estimate of drug-likeness (QED) is 0.627. The van der Waals surface area contributed by atoms with Crippen LogP contribution in [0.4, 0.5) is 14.5 Å². The second kappa shape index (κ2) is 3.21. The summed E-state index contributed by atoms with van der Waals surface area (Å²) in [7, 11) is 0. The molecule has 0 spiro atoms. The van der Waals surface area contributed by atoms with Gasteiger partial charge in [0.2, 0.25) is 0 Å². The summed E-state index contributed by atoms with van der Waals surface area (Å²) >= 11 is 0. The molecular formula is C8H8F2N2. The molecule has 0 saturated heterocycles. The molecule has 0 aliphatic carbocycles. The molecule has 0 saturated carbocycles. The molecule has 0 heterocycles. The molecule has 0 aliphatic heterocycles. The Bertz CT molecular complexity index is 298. The van der Waals surface area contributed by atoms with Crippen molar-refractivity contribution in [2.45, 2.75) is 0 Å². The topological polar surface area (TPSA) is 52.0 Å². The summed E-state index contributed by atoms with van der Waals surface area (Å²) < 4.78 is 25.4. The lowest BCUT2D eigenvalue weighted by Crippen LogP contribution is -1.95. The SMILES string of the molecule is N/C=C/c1cc(F)c(N)c(F)c1. The van der Waals surface area contributed by atoms with Crippen molar-refractivity contribution in [1.29, 1.82) is 0 Å². The van der Waals surface area contributed by atoms with Gasteiger partial charge in [-0.15, -0.1) is 0 Å². The molecule has 0 atom stereocenters. The number of hydrogen-bond donors (Lipinski definition) is 2. The highest BCUT2D eigenvalue weighted by atomic mass is 19.1. The predicted octanol–water partition coefficient (Wildman–Crippen LogP) is 1.48. The number of hydrogen-bond acceptors (Lipinski definition) is 2. The van der Waals surface area contributed by atoms with E-state index in [0.717, 1.165) is 12.1 Å². The van der Waals surface area contributed by atoms with Crippen LogP contribution in [0.15, 0.2) is 18.3 Å². The number of rotatable bonds is 1. The first-order valence-corrected chi connectivity index (χ1v) is 3.28. The van der Waals surface area contributed by atoms with Crippen LogP contribution in [0, 0.1) is 11.6 Å². The molecule has 0 amide bonds. The van der Waals surface area contributed by atoms with Crippen molar-refractivity contribution in [2.24, 2.45) is 5.73 Å². The van der Waals surface area contributed by atoms with E-state index < -0.39 is 17.3 Å². The second-order valence-corrected chi connectivity index (χ2v) is 2.26. The van der Waals surface area contributed by atoms with E-state index in [4.69, 9.17) is 11.5 Å². The molecule has 1 aromatic carbocycles. The molecule has 2 nitrogen and oxygen atoms in total. The van der Waals surface area contributed by atoms with Gasteiger partial charge in [-0.3, -0.25) is 0 Å². The number of anilines is 1. The lowest BCUT2D eigenvalue weighted by Gasteiger charge is -1.99. The van der Waals surface area contributed by atoms with Gasteiger partial charge < -0.3 is 11.5 Å². The fourth-order valence-corrected chi connectivity index (χ4v) is 0.811. The molecule has 0 fully saturated rings. The monoisotopic (exact) mass is 170 g/mol. The number of nitrogen functional groups attached to an aromatic ring is 1. The van der Waals surface area contributed by atoms with Crippen LogP contribution in [0.1, 0.15) is 5.56 Å². The van der Waals surface area contributed by atoms with Gasteiger partial charge in [-0.2, -0.15) is 0 Å². The summed E-state index contributed by atoms with van der Waals surface area (Å²) in [5, 5.41) is 0. The van der Waals surface area contributed by atoms with E-state index in [1.54, 1.807) is 0 Å². The minimum absolute atomic E-state index is 0.349. The Morgan fingerprint density at radius 2 is 1.67 bits per heavy atom. The van der Waals surface area contributed by atoms with E-state index in [-0.39, 0.29) is 0 Å². The maximum atomic E-state index is 12.7. The van der Waals surface area contributed by atoms with Gasteiger partial charge in [0.25, 0.3) is 0 Å². The Morgan fingerprint density at radius 3 is 2.08 bits per heavy atom. The van der Waals surface area contributed by atoms with Gasteiger partial charge in [-0.05, 0) is 30.0 Å². The van der Waals surface area contributed by atoms with Crippen molar-refractivity contribution >= 4 is 11.8 Å². The van der Waals surface area contributed by atoms with Crippen molar-refractivity contribution in [3.8, 4) is 0 Å². The second-order valence-electron chi connectivity index (χ2n) is 2.26. The van der Waals surface area contributed by atoms with Gasteiger partial charge in [-0.25, -0.2) is 8.78 Å². The van der Waals surface area contributed by atoms with E-state index >= 15 is 0 Å². The Hall–Kier alpha value is -1.58. The number of benzene rings is 1. The zero-order chi connectivity index (χ0) is 9.14. The third-order valence-corrected chi connectivity index (χ3v) is 1.39. The highest BCUT2D eigenvalue weighted by molar-refractivity contribution is 5.54. The Labute approximate surface area is 68.5 Å². The minimum atomic E-state index is -0.775. The van der Waals surface area contributed by atoms with Crippen LogP contribution >= 0.6 is 0 Å². The van der Waals surface area contributed by atoms with Crippen molar-refractivity contribution in [3.05, 3.63) is 35.5 Å². The maximum absolute atomic E-state index is 12.7. The summed E-state index contributed by atoms with van der Waals surface area (Å²) in [5.74, 6) is -1.55. The average Bonchev–Trinajstić information content (AvgIpc) is 2.01. The summed E-state index contributed by atoms with van der Waals surface area (Å²) in [4.78, 5) is 0. The van der Waals surface area contributed by atoms with Crippen molar-refractivity contribution in [1.82, 2.24) is 0 Å². The summed E-state index contributed by atoms with van der Waals surface area (Å²) in [5.41, 5.74) is 9.96. The van der Waals surface area contributed by atoms with Gasteiger partial charge in [0.15, 0.2) is 0 Å². The Kier molecular flexibility index (Phi) is 2.28. The highest BCUT2D eigenvalue weighted by Crippen LogP contribution is 2.17. The molecule has 64 valence electrons. The van der Waals surface area contributed by atoms with Gasteiger partial charge in [-0.1, -0.05) is 0 Å². The van der Waals surface area contributed by atoms with Crippen molar-refractivity contribution in [2.75, 3.05) is 5.73 Å². The first-order valence-electron chi connectivity index (χ1n) is 3.28. The Morgan fingerprint density at radius 1 is 1.17 bits per heavy atom. The van der Waals surface area contributed by atoms with E-state index in [2.05, 4.69) is 0 Å². The van der Waals surface area contributed by atoms with Crippen LogP contribution in [0.25, 0.3) is 6.08 Å². The van der Waals surface area contributed by atoms with Gasteiger partial charge in [0.05, 0.1) is 0 Å². The molecule has 0 aromatic heterocycles. The first kappa shape index (κ1) is 8.52. The van der Waals surface area contributed by atoms with Gasteiger partial charge >= 0.3 is 0 Å². The highest BCUT2D eigenvalue weighted by Gasteiger charge is 2.05. The fraction of sp³-hybridized carbons (Fsp3) is 0. The van der Waals surface area contributed by atoms with Gasteiger partial charge in [0, 0.05) is 0 Å². The van der Waals surface area contributed by atoms with Crippen molar-refractivity contribution < 1.29 is 8.78 Å². The van der Waals surface area contributed by atoms with Gasteiger partial charge in [0.1, 0.15) is 17.3 Å². The van der Waals surface area contributed by atoms with Crippen LogP contribution in [0.2, 0.25) is 0 Å². The summed E-state index contributed by atoms with van der Waals surface area (Å²) in [6, 6.07) is 2.23. The Balaban J connectivity index is 3.21. The van der Waals surface area contributed by atoms with E-state index in [0.29, 0.717) is 5.56 Å². The normalized spacial score (nSPS) is 10.8. The summed E-state index contributed by atoms with van der Waals surface area (Å²) in [6.07, 6.45) is 2.58. The van der Waals surface area contributed by atoms with E-state index in [9.17, 15) is 8.78 Å². The molecule has 0 unspecified atom stereocenters. The fourth-order valence-electron chi connectivity index (χ4n) is 0.811. The molecule has 0 radical (unpaired) electrons. The summed E-state index contributed by atoms with van der Waals surface area (Å²) in [6.45, 7) is 0. The molecule has 0 bridgehead atoms. The number of nitrogens with two attached hydrogens (primary N) is 2. The third-order valence-electron chi connectivity index (χ3n) is 1.39. The first-order chi connectivity index (χ1) is 5.65. The van der Waals surface area contributed by atoms with E-state index in [1.165, 1.54) is 12.3 Å².